The van der Waals surface area contributed by atoms with Gasteiger partial charge in [0, 0.05) is 4.88 Å². The lowest BCUT2D eigenvalue weighted by molar-refractivity contribution is -0.141. The fraction of sp³-hybridized carbons (Fsp3) is 0.286. The van der Waals surface area contributed by atoms with E-state index in [0.29, 0.717) is 6.54 Å². The highest BCUT2D eigenvalue weighted by Crippen LogP contribution is 2.28. The lowest BCUT2D eigenvalue weighted by Gasteiger charge is -2.10. The molecule has 1 N–H and O–H groups in total. The zero-order chi connectivity index (χ0) is 15.6. The molecule has 7 heteroatoms. The Balaban J connectivity index is 2.11. The Morgan fingerprint density at radius 2 is 2.00 bits per heavy atom. The summed E-state index contributed by atoms with van der Waals surface area (Å²) >= 11 is 1.52. The van der Waals surface area contributed by atoms with E-state index in [4.69, 9.17) is 0 Å². The molecule has 1 amide bonds. The largest absolute Gasteiger partial charge is 0.433 e. The third kappa shape index (κ3) is 3.60. The van der Waals surface area contributed by atoms with Crippen LogP contribution in [-0.4, -0.2) is 10.9 Å². The minimum atomic E-state index is -4.51. The highest BCUT2D eigenvalue weighted by atomic mass is 32.1. The molecule has 0 spiro atoms. The van der Waals surface area contributed by atoms with E-state index in [1.165, 1.54) is 18.3 Å². The summed E-state index contributed by atoms with van der Waals surface area (Å²) in [7, 11) is 0. The zero-order valence-electron chi connectivity index (χ0n) is 11.4. The first-order valence-electron chi connectivity index (χ1n) is 6.15. The number of pyridine rings is 1. The first-order chi connectivity index (χ1) is 9.79. The first kappa shape index (κ1) is 15.5. The second kappa shape index (κ2) is 5.85. The number of rotatable bonds is 3. The number of thiophene rings is 1. The Kier molecular flexibility index (Phi) is 4.32. The predicted molar refractivity (Wildman–Crippen MR) is 74.2 cm³/mol. The van der Waals surface area contributed by atoms with Gasteiger partial charge in [0.15, 0.2) is 0 Å². The molecule has 0 radical (unpaired) electrons. The molecule has 2 heterocycles. The molecule has 0 aliphatic heterocycles. The molecule has 112 valence electrons. The van der Waals surface area contributed by atoms with Crippen molar-refractivity contribution in [2.45, 2.75) is 26.6 Å². The smallest absolute Gasteiger partial charge is 0.347 e. The van der Waals surface area contributed by atoms with Crippen molar-refractivity contribution in [2.24, 2.45) is 0 Å². The summed E-state index contributed by atoms with van der Waals surface area (Å²) in [5, 5.41) is 4.61. The van der Waals surface area contributed by atoms with Crippen LogP contribution in [0.3, 0.4) is 0 Å². The third-order valence-electron chi connectivity index (χ3n) is 3.00. The molecular weight excluding hydrogens is 301 g/mol. The molecule has 2 aromatic heterocycles. The van der Waals surface area contributed by atoms with E-state index in [-0.39, 0.29) is 11.3 Å². The Bertz CT molecular complexity index is 664. The van der Waals surface area contributed by atoms with E-state index in [2.05, 4.69) is 10.3 Å². The Morgan fingerprint density at radius 1 is 1.29 bits per heavy atom. The van der Waals surface area contributed by atoms with Crippen molar-refractivity contribution < 1.29 is 18.0 Å². The number of halogens is 3. The molecule has 0 saturated carbocycles. The van der Waals surface area contributed by atoms with Crippen LogP contribution in [-0.2, 0) is 12.7 Å². The normalized spacial score (nSPS) is 11.5. The van der Waals surface area contributed by atoms with Crippen LogP contribution in [0, 0.1) is 13.8 Å². The number of aryl methyl sites for hydroxylation is 2. The van der Waals surface area contributed by atoms with Crippen LogP contribution in [0.5, 0.6) is 0 Å². The van der Waals surface area contributed by atoms with Gasteiger partial charge in [-0.1, -0.05) is 0 Å². The van der Waals surface area contributed by atoms with Crippen LogP contribution in [0.1, 0.15) is 32.2 Å². The molecule has 2 rings (SSSR count). The van der Waals surface area contributed by atoms with E-state index in [1.54, 1.807) is 0 Å². The van der Waals surface area contributed by atoms with Gasteiger partial charge in [-0.2, -0.15) is 13.2 Å². The van der Waals surface area contributed by atoms with Crippen LogP contribution >= 0.6 is 11.3 Å². The van der Waals surface area contributed by atoms with Crippen molar-refractivity contribution >= 4 is 17.2 Å². The number of carbonyl (C=O) groups excluding carboxylic acids is 1. The van der Waals surface area contributed by atoms with Gasteiger partial charge in [-0.25, -0.2) is 4.98 Å². The lowest BCUT2D eigenvalue weighted by atomic mass is 10.1. The van der Waals surface area contributed by atoms with Gasteiger partial charge in [-0.3, -0.25) is 4.79 Å². The molecule has 0 aliphatic carbocycles. The van der Waals surface area contributed by atoms with Crippen LogP contribution in [0.4, 0.5) is 13.2 Å². The highest BCUT2D eigenvalue weighted by Gasteiger charge is 2.33. The summed E-state index contributed by atoms with van der Waals surface area (Å²) in [4.78, 5) is 16.5. The van der Waals surface area contributed by atoms with Crippen molar-refractivity contribution in [2.75, 3.05) is 0 Å². The number of carbonyl (C=O) groups is 1. The Morgan fingerprint density at radius 3 is 2.52 bits per heavy atom. The number of amides is 1. The van der Waals surface area contributed by atoms with E-state index in [9.17, 15) is 18.0 Å². The summed E-state index contributed by atoms with van der Waals surface area (Å²) in [6.07, 6.45) is -4.51. The molecular formula is C14H13F3N2OS. The zero-order valence-corrected chi connectivity index (χ0v) is 12.2. The molecule has 0 bridgehead atoms. The minimum absolute atomic E-state index is 0.0604. The molecule has 2 aromatic rings. The number of aromatic nitrogens is 1. The van der Waals surface area contributed by atoms with Gasteiger partial charge in [0.25, 0.3) is 5.91 Å². The summed E-state index contributed by atoms with van der Waals surface area (Å²) in [5.41, 5.74) is 0.288. The van der Waals surface area contributed by atoms with E-state index >= 15 is 0 Å². The standard InChI is InChI=1S/C14H13F3N2OS/c1-8-5-6-21-11(8)7-18-13(20)10-3-4-12(14(15,16)17)19-9(10)2/h3-6H,7H2,1-2H3,(H,18,20). The van der Waals surface area contributed by atoms with Gasteiger partial charge in [0.2, 0.25) is 0 Å². The van der Waals surface area contributed by atoms with Crippen molar-refractivity contribution in [3.05, 3.63) is 51.0 Å². The highest BCUT2D eigenvalue weighted by molar-refractivity contribution is 7.10. The maximum absolute atomic E-state index is 12.5. The van der Waals surface area contributed by atoms with Crippen LogP contribution in [0.2, 0.25) is 0 Å². The van der Waals surface area contributed by atoms with Crippen molar-refractivity contribution in [1.82, 2.24) is 10.3 Å². The number of nitrogens with zero attached hydrogens (tertiary/aromatic N) is 1. The SMILES string of the molecule is Cc1ccsc1CNC(=O)c1ccc(C(F)(F)F)nc1C. The number of alkyl halides is 3. The second-order valence-corrected chi connectivity index (χ2v) is 5.54. The minimum Gasteiger partial charge on any atom is -0.347 e. The van der Waals surface area contributed by atoms with E-state index in [0.717, 1.165) is 22.6 Å². The number of nitrogens with one attached hydrogen (secondary N) is 1. The second-order valence-electron chi connectivity index (χ2n) is 4.54. The first-order valence-corrected chi connectivity index (χ1v) is 7.03. The van der Waals surface area contributed by atoms with Gasteiger partial charge in [-0.05, 0) is 43.0 Å². The van der Waals surface area contributed by atoms with Crippen LogP contribution in [0.25, 0.3) is 0 Å². The summed E-state index contributed by atoms with van der Waals surface area (Å²) in [6, 6.07) is 3.91. The Labute approximate surface area is 123 Å². The molecule has 0 saturated heterocycles. The average molecular weight is 314 g/mol. The maximum Gasteiger partial charge on any atom is 0.433 e. The quantitative estimate of drug-likeness (QED) is 0.938. The van der Waals surface area contributed by atoms with Gasteiger partial charge in [-0.15, -0.1) is 11.3 Å². The lowest BCUT2D eigenvalue weighted by Crippen LogP contribution is -2.24. The van der Waals surface area contributed by atoms with Crippen LogP contribution < -0.4 is 5.32 Å². The molecule has 0 aliphatic rings. The topological polar surface area (TPSA) is 42.0 Å². The fourth-order valence-electron chi connectivity index (χ4n) is 1.80. The number of hydrogen-bond donors (Lipinski definition) is 1. The average Bonchev–Trinajstić information content (AvgIpc) is 2.80. The van der Waals surface area contributed by atoms with Crippen molar-refractivity contribution in [1.29, 1.82) is 0 Å². The van der Waals surface area contributed by atoms with Crippen LogP contribution in [0.15, 0.2) is 23.6 Å². The fourth-order valence-corrected chi connectivity index (χ4v) is 2.65. The summed E-state index contributed by atoms with van der Waals surface area (Å²) < 4.78 is 37.6. The molecule has 3 nitrogen and oxygen atoms in total. The molecule has 0 atom stereocenters. The van der Waals surface area contributed by atoms with E-state index in [1.807, 2.05) is 18.4 Å². The van der Waals surface area contributed by atoms with Gasteiger partial charge < -0.3 is 5.32 Å². The summed E-state index contributed by atoms with van der Waals surface area (Å²) in [6.45, 7) is 3.67. The Hall–Kier alpha value is -1.89. The third-order valence-corrected chi connectivity index (χ3v) is 4.02. The van der Waals surface area contributed by atoms with Crippen molar-refractivity contribution in [3.8, 4) is 0 Å². The molecule has 0 aromatic carbocycles. The molecule has 0 fully saturated rings. The maximum atomic E-state index is 12.5. The van der Waals surface area contributed by atoms with Gasteiger partial charge in [0.05, 0.1) is 17.8 Å². The van der Waals surface area contributed by atoms with E-state index < -0.39 is 17.8 Å². The summed E-state index contributed by atoms with van der Waals surface area (Å²) in [5.74, 6) is -0.429. The monoisotopic (exact) mass is 314 g/mol. The molecule has 21 heavy (non-hydrogen) atoms. The van der Waals surface area contributed by atoms with Gasteiger partial charge in [0.1, 0.15) is 5.69 Å². The van der Waals surface area contributed by atoms with Gasteiger partial charge >= 0.3 is 6.18 Å². The van der Waals surface area contributed by atoms with Crippen molar-refractivity contribution in [3.63, 3.8) is 0 Å². The predicted octanol–water partition coefficient (Wildman–Crippen LogP) is 3.71. The molecule has 0 unspecified atom stereocenters. The number of hydrogen-bond acceptors (Lipinski definition) is 3.